The van der Waals surface area contributed by atoms with Crippen molar-refractivity contribution in [1.29, 1.82) is 0 Å². The molecule has 0 aliphatic heterocycles. The molecule has 2 heterocycles. The summed E-state index contributed by atoms with van der Waals surface area (Å²) in [5.74, 6) is 0.797. The fraction of sp³-hybridized carbons (Fsp3) is 0.462. The van der Waals surface area contributed by atoms with Gasteiger partial charge in [0.05, 0.1) is 5.69 Å². The van der Waals surface area contributed by atoms with Gasteiger partial charge in [0.2, 0.25) is 0 Å². The number of rotatable bonds is 7. The molecule has 0 aliphatic rings. The van der Waals surface area contributed by atoms with Crippen LogP contribution in [0.5, 0.6) is 0 Å². The summed E-state index contributed by atoms with van der Waals surface area (Å²) >= 11 is 0. The zero-order valence-electron chi connectivity index (χ0n) is 10.7. The first-order valence-corrected chi connectivity index (χ1v) is 6.45. The van der Waals surface area contributed by atoms with Gasteiger partial charge >= 0.3 is 0 Å². The summed E-state index contributed by atoms with van der Waals surface area (Å²) in [4.78, 5) is 8.28. The molecule has 0 radical (unpaired) electrons. The molecule has 0 fully saturated rings. The Morgan fingerprint density at radius 1 is 1.28 bits per heavy atom. The van der Waals surface area contributed by atoms with E-state index < -0.39 is 0 Å². The van der Waals surface area contributed by atoms with Crippen LogP contribution in [0.1, 0.15) is 32.6 Å². The highest BCUT2D eigenvalue weighted by Gasteiger charge is 2.05. The lowest BCUT2D eigenvalue weighted by Gasteiger charge is -2.10. The first kappa shape index (κ1) is 12.5. The zero-order chi connectivity index (χ0) is 12.6. The second-order valence-electron chi connectivity index (χ2n) is 4.20. The molecule has 2 aromatic rings. The number of pyridine rings is 1. The summed E-state index contributed by atoms with van der Waals surface area (Å²) in [5.41, 5.74) is 1.000. The van der Waals surface area contributed by atoms with Crippen LogP contribution in [0.15, 0.2) is 31.0 Å². The molecule has 0 saturated carbocycles. The number of aromatic nitrogens is 4. The second kappa shape index (κ2) is 6.74. The van der Waals surface area contributed by atoms with Gasteiger partial charge in [-0.2, -0.15) is 5.10 Å². The minimum Gasteiger partial charge on any atom is -0.382 e. The van der Waals surface area contributed by atoms with Crippen LogP contribution in [0.2, 0.25) is 0 Å². The maximum Gasteiger partial charge on any atom is 0.178 e. The normalized spacial score (nSPS) is 10.5. The van der Waals surface area contributed by atoms with Crippen molar-refractivity contribution in [3.8, 4) is 5.82 Å². The quantitative estimate of drug-likeness (QED) is 0.762. The maximum absolute atomic E-state index is 4.33. The molecule has 2 rings (SSSR count). The van der Waals surface area contributed by atoms with E-state index in [0.29, 0.717) is 0 Å². The molecular formula is C13H19N5. The highest BCUT2D eigenvalue weighted by molar-refractivity contribution is 5.55. The molecule has 2 aromatic heterocycles. The van der Waals surface area contributed by atoms with E-state index in [4.69, 9.17) is 0 Å². The molecule has 0 atom stereocenters. The zero-order valence-corrected chi connectivity index (χ0v) is 10.7. The Morgan fingerprint density at radius 2 is 2.22 bits per heavy atom. The Labute approximate surface area is 107 Å². The molecule has 5 nitrogen and oxygen atoms in total. The molecule has 0 spiro atoms. The van der Waals surface area contributed by atoms with Crippen molar-refractivity contribution in [1.82, 2.24) is 19.7 Å². The van der Waals surface area contributed by atoms with E-state index in [1.165, 1.54) is 32.0 Å². The van der Waals surface area contributed by atoms with Gasteiger partial charge in [-0.15, -0.1) is 0 Å². The summed E-state index contributed by atoms with van der Waals surface area (Å²) in [6.45, 7) is 3.19. The van der Waals surface area contributed by atoms with E-state index in [1.54, 1.807) is 17.2 Å². The number of nitrogens with zero attached hydrogens (tertiary/aromatic N) is 4. The lowest BCUT2D eigenvalue weighted by Crippen LogP contribution is -2.07. The number of hydrogen-bond acceptors (Lipinski definition) is 4. The second-order valence-corrected chi connectivity index (χ2v) is 4.20. The van der Waals surface area contributed by atoms with Gasteiger partial charge < -0.3 is 5.32 Å². The third kappa shape index (κ3) is 3.29. The molecule has 0 unspecified atom stereocenters. The summed E-state index contributed by atoms with van der Waals surface area (Å²) in [6.07, 6.45) is 9.94. The minimum atomic E-state index is 0.797. The van der Waals surface area contributed by atoms with Crippen LogP contribution in [-0.4, -0.2) is 26.3 Å². The Bertz CT molecular complexity index is 452. The van der Waals surface area contributed by atoms with Crippen molar-refractivity contribution in [3.63, 3.8) is 0 Å². The van der Waals surface area contributed by atoms with Crippen molar-refractivity contribution in [2.24, 2.45) is 0 Å². The monoisotopic (exact) mass is 245 g/mol. The Balaban J connectivity index is 1.96. The van der Waals surface area contributed by atoms with Gasteiger partial charge in [0.15, 0.2) is 5.82 Å². The summed E-state index contributed by atoms with van der Waals surface area (Å²) in [5, 5.41) is 7.52. The van der Waals surface area contributed by atoms with Crippen molar-refractivity contribution in [2.45, 2.75) is 32.6 Å². The third-order valence-electron chi connectivity index (χ3n) is 2.77. The van der Waals surface area contributed by atoms with Gasteiger partial charge in [0.1, 0.15) is 12.7 Å². The molecule has 0 aromatic carbocycles. The van der Waals surface area contributed by atoms with E-state index in [-0.39, 0.29) is 0 Å². The summed E-state index contributed by atoms with van der Waals surface area (Å²) < 4.78 is 1.67. The minimum absolute atomic E-state index is 0.797. The highest BCUT2D eigenvalue weighted by atomic mass is 15.3. The fourth-order valence-corrected chi connectivity index (χ4v) is 1.81. The van der Waals surface area contributed by atoms with Crippen molar-refractivity contribution in [3.05, 3.63) is 31.0 Å². The first-order valence-electron chi connectivity index (χ1n) is 6.45. The van der Waals surface area contributed by atoms with Gasteiger partial charge in [0, 0.05) is 12.7 Å². The first-order chi connectivity index (χ1) is 8.92. The largest absolute Gasteiger partial charge is 0.382 e. The van der Waals surface area contributed by atoms with Crippen LogP contribution in [-0.2, 0) is 0 Å². The van der Waals surface area contributed by atoms with E-state index in [9.17, 15) is 0 Å². The molecule has 18 heavy (non-hydrogen) atoms. The fourth-order valence-electron chi connectivity index (χ4n) is 1.81. The van der Waals surface area contributed by atoms with Crippen LogP contribution >= 0.6 is 0 Å². The predicted molar refractivity (Wildman–Crippen MR) is 71.8 cm³/mol. The van der Waals surface area contributed by atoms with Gasteiger partial charge in [-0.1, -0.05) is 26.2 Å². The topological polar surface area (TPSA) is 55.6 Å². The highest BCUT2D eigenvalue weighted by Crippen LogP contribution is 2.15. The predicted octanol–water partition coefficient (Wildman–Crippen LogP) is 2.65. The van der Waals surface area contributed by atoms with Crippen molar-refractivity contribution < 1.29 is 0 Å². The summed E-state index contributed by atoms with van der Waals surface area (Å²) in [7, 11) is 0. The van der Waals surface area contributed by atoms with Gasteiger partial charge in [-0.3, -0.25) is 0 Å². The van der Waals surface area contributed by atoms with E-state index >= 15 is 0 Å². The van der Waals surface area contributed by atoms with Gasteiger partial charge in [0.25, 0.3) is 0 Å². The van der Waals surface area contributed by atoms with Crippen LogP contribution in [0.25, 0.3) is 5.82 Å². The Hall–Kier alpha value is -1.91. The van der Waals surface area contributed by atoms with Crippen molar-refractivity contribution in [2.75, 3.05) is 11.9 Å². The number of nitrogens with one attached hydrogen (secondary N) is 1. The van der Waals surface area contributed by atoms with Gasteiger partial charge in [-0.25, -0.2) is 14.6 Å². The molecule has 0 bridgehead atoms. The molecule has 0 saturated heterocycles. The SMILES string of the molecule is CCCCCCNc1cccnc1-n1cncn1. The van der Waals surface area contributed by atoms with E-state index in [2.05, 4.69) is 27.3 Å². The number of anilines is 1. The summed E-state index contributed by atoms with van der Waals surface area (Å²) in [6, 6.07) is 3.94. The van der Waals surface area contributed by atoms with Gasteiger partial charge in [-0.05, 0) is 18.6 Å². The average Bonchev–Trinajstić information content (AvgIpc) is 2.93. The third-order valence-corrected chi connectivity index (χ3v) is 2.77. The lowest BCUT2D eigenvalue weighted by molar-refractivity contribution is 0.684. The molecule has 0 aliphatic carbocycles. The van der Waals surface area contributed by atoms with Crippen LogP contribution in [0, 0.1) is 0 Å². The van der Waals surface area contributed by atoms with E-state index in [0.717, 1.165) is 18.1 Å². The molecular weight excluding hydrogens is 226 g/mol. The van der Waals surface area contributed by atoms with Crippen LogP contribution in [0.3, 0.4) is 0 Å². The molecule has 96 valence electrons. The van der Waals surface area contributed by atoms with Crippen molar-refractivity contribution >= 4 is 5.69 Å². The number of hydrogen-bond donors (Lipinski definition) is 1. The standard InChI is InChI=1S/C13H19N5/c1-2-3-4-5-8-15-12-7-6-9-16-13(12)18-11-14-10-17-18/h6-7,9-11,15H,2-5,8H2,1H3. The lowest BCUT2D eigenvalue weighted by atomic mass is 10.2. The number of unbranched alkanes of at least 4 members (excludes halogenated alkanes) is 3. The molecule has 1 N–H and O–H groups in total. The van der Waals surface area contributed by atoms with Crippen LogP contribution < -0.4 is 5.32 Å². The Morgan fingerprint density at radius 3 is 3.00 bits per heavy atom. The van der Waals surface area contributed by atoms with Crippen LogP contribution in [0.4, 0.5) is 5.69 Å². The smallest absolute Gasteiger partial charge is 0.178 e. The van der Waals surface area contributed by atoms with E-state index in [1.807, 2.05) is 12.1 Å². The maximum atomic E-state index is 4.33. The molecule has 5 heteroatoms. The molecule has 0 amide bonds. The Kier molecular flexibility index (Phi) is 4.69. The average molecular weight is 245 g/mol.